The summed E-state index contributed by atoms with van der Waals surface area (Å²) in [5.41, 5.74) is 0.0222. The summed E-state index contributed by atoms with van der Waals surface area (Å²) in [6, 6.07) is 6.51. The molecule has 1 aliphatic heterocycles. The lowest BCUT2D eigenvalue weighted by Gasteiger charge is -2.41. The minimum atomic E-state index is -0.339. The summed E-state index contributed by atoms with van der Waals surface area (Å²) in [6.45, 7) is 7.63. The number of hydrogen-bond donors (Lipinski definition) is 2. The van der Waals surface area contributed by atoms with E-state index in [9.17, 15) is 4.39 Å². The molecule has 1 unspecified atom stereocenters. The molecule has 1 aliphatic rings. The van der Waals surface area contributed by atoms with Gasteiger partial charge < -0.3 is 25.0 Å². The summed E-state index contributed by atoms with van der Waals surface area (Å²) < 4.78 is 25.2. The number of nitrogens with one attached hydrogen (secondary N) is 2. The van der Waals surface area contributed by atoms with E-state index in [1.54, 1.807) is 18.2 Å². The highest BCUT2D eigenvalue weighted by atomic mass is 127. The molecule has 0 spiro atoms. The highest BCUT2D eigenvalue weighted by molar-refractivity contribution is 14.0. The minimum Gasteiger partial charge on any atom is -0.486 e. The molecular weight excluding hydrogens is 486 g/mol. The van der Waals surface area contributed by atoms with Crippen LogP contribution in [0.25, 0.3) is 0 Å². The van der Waals surface area contributed by atoms with Crippen molar-refractivity contribution in [3.8, 4) is 5.75 Å². The molecule has 1 fully saturated rings. The molecular formula is C21H36FIN4O2. The number of para-hydroxylation sites is 1. The molecule has 0 aromatic heterocycles. The van der Waals surface area contributed by atoms with E-state index in [1.165, 1.54) is 6.07 Å². The van der Waals surface area contributed by atoms with Crippen molar-refractivity contribution < 1.29 is 13.9 Å². The maximum absolute atomic E-state index is 13.9. The van der Waals surface area contributed by atoms with Gasteiger partial charge in [-0.15, -0.1) is 24.0 Å². The Bertz CT molecular complexity index is 624. The number of benzene rings is 1. The molecule has 2 N–H and O–H groups in total. The Balaban J connectivity index is 0.00000420. The molecule has 1 aromatic carbocycles. The van der Waals surface area contributed by atoms with E-state index in [0.717, 1.165) is 45.0 Å². The van der Waals surface area contributed by atoms with E-state index in [2.05, 4.69) is 29.6 Å². The van der Waals surface area contributed by atoms with Crippen LogP contribution in [0.1, 0.15) is 33.1 Å². The standard InChI is InChI=1S/C21H35FN4O2.HI/c1-5-17(28-19-10-8-7-9-18(19)22)15-24-20(23-6-2)25-16-21(26(3)4)11-13-27-14-12-21;/h7-10,17H,5-6,11-16H2,1-4H3,(H2,23,24,25);1H. The van der Waals surface area contributed by atoms with Gasteiger partial charge >= 0.3 is 0 Å². The van der Waals surface area contributed by atoms with Gasteiger partial charge in [0.05, 0.1) is 13.1 Å². The molecule has 0 bridgehead atoms. The quantitative estimate of drug-likeness (QED) is 0.296. The molecule has 0 amide bonds. The van der Waals surface area contributed by atoms with Crippen LogP contribution in [0.3, 0.4) is 0 Å². The fourth-order valence-electron chi connectivity index (χ4n) is 3.27. The lowest BCUT2D eigenvalue weighted by molar-refractivity contribution is -0.00255. The number of likely N-dealkylation sites (N-methyl/N-ethyl adjacent to an activating group) is 1. The topological polar surface area (TPSA) is 58.1 Å². The predicted octanol–water partition coefficient (Wildman–Crippen LogP) is 3.27. The lowest BCUT2D eigenvalue weighted by atomic mass is 9.89. The van der Waals surface area contributed by atoms with Gasteiger partial charge in [0.25, 0.3) is 0 Å². The predicted molar refractivity (Wildman–Crippen MR) is 127 cm³/mol. The molecule has 166 valence electrons. The first-order valence-electron chi connectivity index (χ1n) is 10.2. The summed E-state index contributed by atoms with van der Waals surface area (Å²) in [7, 11) is 4.22. The molecule has 1 saturated heterocycles. The Hall–Kier alpha value is -1.13. The first-order valence-corrected chi connectivity index (χ1v) is 10.2. The third-order valence-electron chi connectivity index (χ3n) is 5.33. The van der Waals surface area contributed by atoms with Crippen molar-refractivity contribution in [1.29, 1.82) is 0 Å². The van der Waals surface area contributed by atoms with Crippen molar-refractivity contribution in [2.75, 3.05) is 46.9 Å². The van der Waals surface area contributed by atoms with Crippen molar-refractivity contribution in [2.45, 2.75) is 44.8 Å². The molecule has 0 saturated carbocycles. The molecule has 1 atom stereocenters. The highest BCUT2D eigenvalue weighted by Crippen LogP contribution is 2.26. The molecule has 6 nitrogen and oxygen atoms in total. The molecule has 0 aliphatic carbocycles. The monoisotopic (exact) mass is 522 g/mol. The number of guanidine groups is 1. The van der Waals surface area contributed by atoms with Gasteiger partial charge in [0.15, 0.2) is 17.5 Å². The molecule has 1 aromatic rings. The third kappa shape index (κ3) is 7.90. The van der Waals surface area contributed by atoms with Gasteiger partial charge in [0.1, 0.15) is 6.10 Å². The van der Waals surface area contributed by atoms with E-state index in [4.69, 9.17) is 14.5 Å². The number of rotatable bonds is 9. The second kappa shape index (κ2) is 13.2. The van der Waals surface area contributed by atoms with Gasteiger partial charge in [-0.3, -0.25) is 4.99 Å². The molecule has 0 radical (unpaired) electrons. The van der Waals surface area contributed by atoms with E-state index in [0.29, 0.717) is 13.1 Å². The molecule has 2 rings (SSSR count). The van der Waals surface area contributed by atoms with Crippen LogP contribution in [-0.2, 0) is 4.74 Å². The van der Waals surface area contributed by atoms with E-state index >= 15 is 0 Å². The number of aliphatic imine (C=N–C) groups is 1. The smallest absolute Gasteiger partial charge is 0.191 e. The average molecular weight is 522 g/mol. The first-order chi connectivity index (χ1) is 13.5. The van der Waals surface area contributed by atoms with Crippen LogP contribution in [0.5, 0.6) is 5.75 Å². The van der Waals surface area contributed by atoms with Gasteiger partial charge in [-0.25, -0.2) is 4.39 Å². The second-order valence-corrected chi connectivity index (χ2v) is 7.39. The number of halogens is 2. The zero-order valence-corrected chi connectivity index (χ0v) is 20.4. The van der Waals surface area contributed by atoms with Gasteiger partial charge in [0, 0.05) is 25.3 Å². The fourth-order valence-corrected chi connectivity index (χ4v) is 3.27. The van der Waals surface area contributed by atoms with E-state index in [-0.39, 0.29) is 47.2 Å². The van der Waals surface area contributed by atoms with E-state index in [1.807, 2.05) is 13.8 Å². The maximum atomic E-state index is 13.9. The largest absolute Gasteiger partial charge is 0.486 e. The maximum Gasteiger partial charge on any atom is 0.191 e. The third-order valence-corrected chi connectivity index (χ3v) is 5.33. The number of hydrogen-bond acceptors (Lipinski definition) is 4. The van der Waals surface area contributed by atoms with E-state index < -0.39 is 0 Å². The normalized spacial score (nSPS) is 17.4. The lowest BCUT2D eigenvalue weighted by Crippen LogP contribution is -2.52. The number of ether oxygens (including phenoxy) is 2. The number of nitrogens with zero attached hydrogens (tertiary/aromatic N) is 2. The van der Waals surface area contributed by atoms with Gasteiger partial charge in [-0.05, 0) is 52.4 Å². The fraction of sp³-hybridized carbons (Fsp3) is 0.667. The van der Waals surface area contributed by atoms with Gasteiger partial charge in [-0.1, -0.05) is 19.1 Å². The Morgan fingerprint density at radius 1 is 1.24 bits per heavy atom. The summed E-state index contributed by atoms with van der Waals surface area (Å²) in [5, 5.41) is 6.64. The zero-order chi connectivity index (χ0) is 20.4. The summed E-state index contributed by atoms with van der Waals surface area (Å²) >= 11 is 0. The van der Waals surface area contributed by atoms with Crippen molar-refractivity contribution in [3.63, 3.8) is 0 Å². The Morgan fingerprint density at radius 2 is 1.93 bits per heavy atom. The Kier molecular flexibility index (Phi) is 11.8. The average Bonchev–Trinajstić information content (AvgIpc) is 2.71. The summed E-state index contributed by atoms with van der Waals surface area (Å²) in [4.78, 5) is 7.09. The van der Waals surface area contributed by atoms with Crippen LogP contribution < -0.4 is 15.4 Å². The van der Waals surface area contributed by atoms with Crippen LogP contribution in [0.2, 0.25) is 0 Å². The summed E-state index contributed by atoms with van der Waals surface area (Å²) in [6.07, 6.45) is 2.56. The van der Waals surface area contributed by atoms with Gasteiger partial charge in [-0.2, -0.15) is 0 Å². The van der Waals surface area contributed by atoms with Crippen LogP contribution in [0.15, 0.2) is 29.3 Å². The Labute approximate surface area is 191 Å². The van der Waals surface area contributed by atoms with Crippen molar-refractivity contribution >= 4 is 29.9 Å². The zero-order valence-electron chi connectivity index (χ0n) is 18.0. The molecule has 1 heterocycles. The second-order valence-electron chi connectivity index (χ2n) is 7.39. The van der Waals surface area contributed by atoms with Crippen molar-refractivity contribution in [3.05, 3.63) is 30.1 Å². The Morgan fingerprint density at radius 3 is 2.52 bits per heavy atom. The first kappa shape index (κ1) is 25.9. The van der Waals surface area contributed by atoms with Gasteiger partial charge in [0.2, 0.25) is 0 Å². The van der Waals surface area contributed by atoms with Crippen LogP contribution >= 0.6 is 24.0 Å². The summed E-state index contributed by atoms with van der Waals surface area (Å²) in [5.74, 6) is 0.701. The molecule has 29 heavy (non-hydrogen) atoms. The highest BCUT2D eigenvalue weighted by Gasteiger charge is 2.34. The van der Waals surface area contributed by atoms with Crippen LogP contribution in [0.4, 0.5) is 4.39 Å². The van der Waals surface area contributed by atoms with Crippen LogP contribution in [0, 0.1) is 5.82 Å². The van der Waals surface area contributed by atoms with Crippen molar-refractivity contribution in [1.82, 2.24) is 15.5 Å². The molecule has 8 heteroatoms. The SMILES string of the molecule is CCNC(=NCC1(N(C)C)CCOCC1)NCC(CC)Oc1ccccc1F.I. The van der Waals surface area contributed by atoms with Crippen molar-refractivity contribution in [2.24, 2.45) is 4.99 Å². The van der Waals surface area contributed by atoms with Crippen LogP contribution in [-0.4, -0.2) is 69.4 Å². The minimum absolute atomic E-state index is 0.